The number of carboxylic acid groups (broad SMARTS) is 1. The molecule has 0 unspecified atom stereocenters. The van der Waals surface area contributed by atoms with E-state index >= 15 is 0 Å². The molecule has 3 atom stereocenters. The van der Waals surface area contributed by atoms with Gasteiger partial charge in [-0.3, -0.25) is 4.98 Å². The van der Waals surface area contributed by atoms with E-state index < -0.39 is 5.97 Å². The second-order valence-corrected chi connectivity index (χ2v) is 8.39. The first kappa shape index (κ1) is 20.7. The van der Waals surface area contributed by atoms with Gasteiger partial charge in [0.2, 0.25) is 0 Å². The summed E-state index contributed by atoms with van der Waals surface area (Å²) in [4.78, 5) is 17.8. The van der Waals surface area contributed by atoms with Crippen molar-refractivity contribution in [1.82, 2.24) is 15.2 Å². The molecule has 0 aliphatic carbocycles. The highest BCUT2D eigenvalue weighted by atomic mass is 32.1. The number of ether oxygens (including phenoxy) is 1. The van der Waals surface area contributed by atoms with Gasteiger partial charge in [0.1, 0.15) is 17.6 Å². The van der Waals surface area contributed by atoms with E-state index in [0.717, 1.165) is 36.5 Å². The van der Waals surface area contributed by atoms with E-state index in [0.29, 0.717) is 17.4 Å². The number of benzene rings is 1. The van der Waals surface area contributed by atoms with Crippen LogP contribution in [0.3, 0.4) is 0 Å². The lowest BCUT2D eigenvalue weighted by molar-refractivity contribution is 0.0696. The lowest BCUT2D eigenvalue weighted by Crippen LogP contribution is -2.36. The quantitative estimate of drug-likeness (QED) is 0.542. The van der Waals surface area contributed by atoms with Crippen molar-refractivity contribution in [3.05, 3.63) is 77.8 Å². The number of hydrogen-bond acceptors (Lipinski definition) is 5. The topological polar surface area (TPSA) is 87.8 Å². The van der Waals surface area contributed by atoms with Crippen LogP contribution in [0, 0.1) is 0 Å². The zero-order valence-corrected chi connectivity index (χ0v) is 18.1. The minimum Gasteiger partial charge on any atom is -0.478 e. The fourth-order valence-electron chi connectivity index (χ4n) is 4.36. The molecule has 0 amide bonds. The molecule has 2 fully saturated rings. The van der Waals surface area contributed by atoms with E-state index in [4.69, 9.17) is 26.5 Å². The molecule has 2 N–H and O–H groups in total. The molecule has 2 aromatic heterocycles. The number of hydrogen-bond donors (Lipinski definition) is 2. The second kappa shape index (κ2) is 8.72. The highest BCUT2D eigenvalue weighted by molar-refractivity contribution is 7.80. The molecule has 2 aliphatic rings. The van der Waals surface area contributed by atoms with Gasteiger partial charge in [0.15, 0.2) is 5.11 Å². The second-order valence-electron chi connectivity index (χ2n) is 8.00. The smallest absolute Gasteiger partial charge is 0.335 e. The predicted octanol–water partition coefficient (Wildman–Crippen LogP) is 4.19. The maximum atomic E-state index is 11.1. The van der Waals surface area contributed by atoms with Gasteiger partial charge in [-0.05, 0) is 61.5 Å². The van der Waals surface area contributed by atoms with Gasteiger partial charge in [-0.15, -0.1) is 0 Å². The molecule has 8 heteroatoms. The summed E-state index contributed by atoms with van der Waals surface area (Å²) in [6.07, 6.45) is 3.99. The van der Waals surface area contributed by atoms with Gasteiger partial charge in [0, 0.05) is 24.9 Å². The number of aromatic carboxylic acids is 1. The molecule has 7 nitrogen and oxygen atoms in total. The number of rotatable bonds is 6. The van der Waals surface area contributed by atoms with Crippen molar-refractivity contribution in [2.24, 2.45) is 0 Å². The summed E-state index contributed by atoms with van der Waals surface area (Å²) >= 11 is 5.70. The first-order chi connectivity index (χ1) is 15.6. The minimum atomic E-state index is -0.954. The Bertz CT molecular complexity index is 1110. The van der Waals surface area contributed by atoms with Crippen LogP contribution in [0.25, 0.3) is 11.3 Å². The SMILES string of the molecule is O=C(O)c1ccc(-c2ccc([C@H]3[C@H](c4ccccn4)NC(=S)N3C[C@@H]3CCCO3)o2)cc1. The van der Waals surface area contributed by atoms with Crippen LogP contribution in [0.4, 0.5) is 0 Å². The number of nitrogens with one attached hydrogen (secondary N) is 1. The molecular weight excluding hydrogens is 426 g/mol. The Labute approximate surface area is 191 Å². The molecule has 1 aromatic carbocycles. The molecule has 0 bridgehead atoms. The molecule has 2 saturated heterocycles. The number of furan rings is 1. The Morgan fingerprint density at radius 1 is 1.19 bits per heavy atom. The molecule has 164 valence electrons. The number of nitrogens with zero attached hydrogens (tertiary/aromatic N) is 2. The van der Waals surface area contributed by atoms with Crippen molar-refractivity contribution < 1.29 is 19.1 Å². The van der Waals surface area contributed by atoms with Crippen molar-refractivity contribution in [2.45, 2.75) is 31.0 Å². The minimum absolute atomic E-state index is 0.137. The van der Waals surface area contributed by atoms with Crippen LogP contribution in [0.1, 0.15) is 46.7 Å². The molecule has 0 spiro atoms. The molecule has 3 aromatic rings. The summed E-state index contributed by atoms with van der Waals surface area (Å²) in [5.74, 6) is 0.486. The highest BCUT2D eigenvalue weighted by Crippen LogP contribution is 2.41. The van der Waals surface area contributed by atoms with Crippen molar-refractivity contribution in [2.75, 3.05) is 13.2 Å². The first-order valence-corrected chi connectivity index (χ1v) is 11.0. The Morgan fingerprint density at radius 2 is 2.03 bits per heavy atom. The van der Waals surface area contributed by atoms with Crippen molar-refractivity contribution >= 4 is 23.3 Å². The summed E-state index contributed by atoms with van der Waals surface area (Å²) in [6, 6.07) is 16.0. The van der Waals surface area contributed by atoms with Crippen LogP contribution in [0.15, 0.2) is 65.2 Å². The van der Waals surface area contributed by atoms with Gasteiger partial charge in [-0.2, -0.15) is 0 Å². The van der Waals surface area contributed by atoms with Gasteiger partial charge in [-0.1, -0.05) is 18.2 Å². The van der Waals surface area contributed by atoms with E-state index in [1.807, 2.05) is 30.3 Å². The molecule has 0 saturated carbocycles. The third kappa shape index (κ3) is 3.99. The molecule has 5 rings (SSSR count). The van der Waals surface area contributed by atoms with E-state index in [9.17, 15) is 4.79 Å². The molecule has 4 heterocycles. The van der Waals surface area contributed by atoms with E-state index in [1.54, 1.807) is 30.5 Å². The fourth-order valence-corrected chi connectivity index (χ4v) is 4.68. The number of carbonyl (C=O) groups is 1. The van der Waals surface area contributed by atoms with Gasteiger partial charge < -0.3 is 24.5 Å². The average Bonchev–Trinajstić information content (AvgIpc) is 3.56. The average molecular weight is 450 g/mol. The number of carboxylic acids is 1. The van der Waals surface area contributed by atoms with Crippen molar-refractivity contribution in [3.63, 3.8) is 0 Å². The zero-order chi connectivity index (χ0) is 22.1. The van der Waals surface area contributed by atoms with Crippen LogP contribution in [-0.2, 0) is 4.74 Å². The molecule has 0 radical (unpaired) electrons. The summed E-state index contributed by atoms with van der Waals surface area (Å²) < 4.78 is 12.2. The third-order valence-electron chi connectivity index (χ3n) is 5.96. The van der Waals surface area contributed by atoms with E-state index in [2.05, 4.69) is 15.2 Å². The Balaban J connectivity index is 1.48. The molecular formula is C24H23N3O4S. The normalized spacial score (nSPS) is 22.8. The van der Waals surface area contributed by atoms with E-state index in [1.165, 1.54) is 0 Å². The van der Waals surface area contributed by atoms with Crippen LogP contribution < -0.4 is 5.32 Å². The maximum absolute atomic E-state index is 11.1. The first-order valence-electron chi connectivity index (χ1n) is 10.6. The van der Waals surface area contributed by atoms with Gasteiger partial charge >= 0.3 is 5.97 Å². The van der Waals surface area contributed by atoms with Crippen LogP contribution >= 0.6 is 12.2 Å². The van der Waals surface area contributed by atoms with E-state index in [-0.39, 0.29) is 23.8 Å². The largest absolute Gasteiger partial charge is 0.478 e. The summed E-state index contributed by atoms with van der Waals surface area (Å²) in [6.45, 7) is 1.47. The Morgan fingerprint density at radius 3 is 2.72 bits per heavy atom. The van der Waals surface area contributed by atoms with Gasteiger partial charge in [0.05, 0.1) is 23.4 Å². The van der Waals surface area contributed by atoms with Crippen molar-refractivity contribution in [3.8, 4) is 11.3 Å². The highest BCUT2D eigenvalue weighted by Gasteiger charge is 2.42. The van der Waals surface area contributed by atoms with Crippen molar-refractivity contribution in [1.29, 1.82) is 0 Å². The zero-order valence-electron chi connectivity index (χ0n) is 17.3. The Kier molecular flexibility index (Phi) is 5.63. The van der Waals surface area contributed by atoms with Crippen LogP contribution in [0.5, 0.6) is 0 Å². The lowest BCUT2D eigenvalue weighted by atomic mass is 10.0. The Hall–Kier alpha value is -3.23. The molecule has 32 heavy (non-hydrogen) atoms. The lowest BCUT2D eigenvalue weighted by Gasteiger charge is -2.28. The monoisotopic (exact) mass is 449 g/mol. The molecule has 2 aliphatic heterocycles. The van der Waals surface area contributed by atoms with Gasteiger partial charge in [-0.25, -0.2) is 4.79 Å². The summed E-state index contributed by atoms with van der Waals surface area (Å²) in [7, 11) is 0. The van der Waals surface area contributed by atoms with Gasteiger partial charge in [0.25, 0.3) is 0 Å². The summed E-state index contributed by atoms with van der Waals surface area (Å²) in [5.41, 5.74) is 1.94. The number of pyridine rings is 1. The summed E-state index contributed by atoms with van der Waals surface area (Å²) in [5, 5.41) is 13.2. The van der Waals surface area contributed by atoms with Crippen LogP contribution in [-0.4, -0.2) is 45.3 Å². The number of aromatic nitrogens is 1. The standard InChI is InChI=1S/C24H23N3O4S/c28-23(29)16-8-6-15(7-9-16)19-10-11-20(31-19)22-21(18-5-1-2-12-25-18)26-24(32)27(22)14-17-4-3-13-30-17/h1-2,5-12,17,21-22H,3-4,13-14H2,(H,26,32)(H,28,29)/t17-,21-,22-/m0/s1. The number of thiocarbonyl (C=S) groups is 1. The fraction of sp³-hybridized carbons (Fsp3) is 0.292. The predicted molar refractivity (Wildman–Crippen MR) is 122 cm³/mol. The third-order valence-corrected chi connectivity index (χ3v) is 6.31. The van der Waals surface area contributed by atoms with Crippen LogP contribution in [0.2, 0.25) is 0 Å². The maximum Gasteiger partial charge on any atom is 0.335 e.